The molecule has 0 aromatic heterocycles. The van der Waals surface area contributed by atoms with Crippen LogP contribution in [0.5, 0.6) is 0 Å². The summed E-state index contributed by atoms with van der Waals surface area (Å²) in [6.45, 7) is 22.5. The number of allylic oxidation sites excluding steroid dienone is 1. The van der Waals surface area contributed by atoms with Crippen molar-refractivity contribution in [3.05, 3.63) is 46.5 Å². The number of carboxylic acids is 2. The van der Waals surface area contributed by atoms with Gasteiger partial charge in [-0.2, -0.15) is 5.48 Å². The predicted molar refractivity (Wildman–Crippen MR) is 401 cm³/mol. The number of halogens is 3. The van der Waals surface area contributed by atoms with Crippen molar-refractivity contribution in [2.24, 2.45) is 28.1 Å². The maximum Gasteiger partial charge on any atom is 1.00 e. The maximum absolute atomic E-state index is 12.9. The van der Waals surface area contributed by atoms with Gasteiger partial charge < -0.3 is 74.8 Å². The Kier molecular flexibility index (Phi) is 46.0. The summed E-state index contributed by atoms with van der Waals surface area (Å²) in [5.41, 5.74) is 4.21. The molecule has 4 aliphatic heterocycles. The first-order chi connectivity index (χ1) is 51.5. The molecule has 3 saturated heterocycles. The van der Waals surface area contributed by atoms with E-state index in [-0.39, 0.29) is 96.7 Å². The molecular weight excluding hydrogens is 1610 g/mol. The van der Waals surface area contributed by atoms with Crippen LogP contribution in [0.3, 0.4) is 0 Å². The molecule has 1 aromatic rings. The minimum absolute atomic E-state index is 0. The van der Waals surface area contributed by atoms with Gasteiger partial charge in [0.05, 0.1) is 69.9 Å². The van der Waals surface area contributed by atoms with Crippen LogP contribution in [0.1, 0.15) is 202 Å². The zero-order valence-electron chi connectivity index (χ0n) is 65.8. The third-order valence-electron chi connectivity index (χ3n) is 18.6. The number of alkyl carbamates (subject to hydrolysis) is 3. The van der Waals surface area contributed by atoms with Crippen LogP contribution in [0.4, 0.5) is 14.4 Å². The molecule has 5 amide bonds. The summed E-state index contributed by atoms with van der Waals surface area (Å²) in [7, 11) is 3.62. The number of methoxy groups -OCH3 is 3. The number of amides is 5. The van der Waals surface area contributed by atoms with Crippen LogP contribution >= 0.6 is 43.5 Å². The van der Waals surface area contributed by atoms with Crippen molar-refractivity contribution in [1.82, 2.24) is 31.6 Å². The summed E-state index contributed by atoms with van der Waals surface area (Å²) >= 11 is 11.4. The summed E-state index contributed by atoms with van der Waals surface area (Å²) < 4.78 is 33.5. The molecule has 5 aliphatic carbocycles. The Balaban J connectivity index is 0.000000654. The number of oxime groups is 2. The van der Waals surface area contributed by atoms with Gasteiger partial charge in [0.15, 0.2) is 23.6 Å². The van der Waals surface area contributed by atoms with Crippen molar-refractivity contribution in [1.29, 1.82) is 0 Å². The van der Waals surface area contributed by atoms with Crippen molar-refractivity contribution in [2.75, 3.05) is 53.1 Å². The van der Waals surface area contributed by atoms with E-state index in [4.69, 9.17) is 55.5 Å². The second kappa shape index (κ2) is 50.1. The van der Waals surface area contributed by atoms with Crippen LogP contribution < -0.4 is 40.3 Å². The number of carboxylic acid groups (broad SMARTS) is 2. The molecule has 10 rings (SSSR count). The average Bonchev–Trinajstić information content (AvgIpc) is 1.60. The van der Waals surface area contributed by atoms with Crippen molar-refractivity contribution in [3.63, 3.8) is 0 Å². The number of Topliss-reactive ketones (excluding diaryl/α,β-unsaturated/α-hetero) is 1. The normalized spacial score (nSPS) is 20.1. The third-order valence-corrected chi connectivity index (χ3v) is 19.9. The zero-order valence-corrected chi connectivity index (χ0v) is 69.7. The van der Waals surface area contributed by atoms with E-state index in [0.717, 1.165) is 90.8 Å². The quantitative estimate of drug-likeness (QED) is 0.00801. The summed E-state index contributed by atoms with van der Waals surface area (Å²) in [5.74, 6) is -5.47. The predicted octanol–water partition coefficient (Wildman–Crippen LogP) is 6.91. The van der Waals surface area contributed by atoms with E-state index in [9.17, 15) is 62.6 Å². The molecule has 6 atom stereocenters. The first-order valence-corrected chi connectivity index (χ1v) is 38.6. The second-order valence-electron chi connectivity index (χ2n) is 27.6. The number of esters is 4. The molecular formula is C72H110Br2ClLiN8O27. The van der Waals surface area contributed by atoms with Gasteiger partial charge >= 0.3 is 73.0 Å². The number of hydrogen-bond donors (Lipinski definition) is 7. The fourth-order valence-electron chi connectivity index (χ4n) is 11.6. The fraction of sp³-hybridized carbons (Fsp3) is 0.694. The molecule has 0 bridgehead atoms. The number of carbonyl (C=O) groups is 12. The van der Waals surface area contributed by atoms with Gasteiger partial charge in [0.2, 0.25) is 0 Å². The number of aliphatic carboxylic acids is 2. The Labute approximate surface area is 680 Å². The number of alkyl halides is 1. The molecule has 3 unspecified atom stereocenters. The summed E-state index contributed by atoms with van der Waals surface area (Å²) in [6.07, 6.45) is 15.5. The van der Waals surface area contributed by atoms with E-state index >= 15 is 0 Å². The molecule has 5 saturated carbocycles. The van der Waals surface area contributed by atoms with Gasteiger partial charge in [-0.25, -0.2) is 48.5 Å². The number of hydrogen-bond acceptors (Lipinski definition) is 28. The monoisotopic (exact) mass is 1720 g/mol. The molecule has 1 aromatic carbocycles. The van der Waals surface area contributed by atoms with Gasteiger partial charge in [0.1, 0.15) is 29.8 Å². The zero-order chi connectivity index (χ0) is 82.0. The van der Waals surface area contributed by atoms with Gasteiger partial charge in [-0.3, -0.25) is 33.7 Å². The van der Waals surface area contributed by atoms with Crippen LogP contribution in [0.15, 0.2) is 51.2 Å². The van der Waals surface area contributed by atoms with Crippen LogP contribution in [0, 0.1) is 17.8 Å². The van der Waals surface area contributed by atoms with E-state index in [2.05, 4.69) is 89.1 Å². The van der Waals surface area contributed by atoms with E-state index in [0.29, 0.717) is 37.1 Å². The molecule has 8 fully saturated rings. The Hall–Kier alpha value is -7.21. The minimum atomic E-state index is -1.10. The summed E-state index contributed by atoms with van der Waals surface area (Å²) in [5, 5.41) is 41.1. The van der Waals surface area contributed by atoms with Crippen LogP contribution in [0.2, 0.25) is 0 Å². The molecule has 111 heavy (non-hydrogen) atoms. The van der Waals surface area contributed by atoms with Gasteiger partial charge in [-0.15, -0.1) is 0 Å². The van der Waals surface area contributed by atoms with Gasteiger partial charge in [0.25, 0.3) is 17.0 Å². The number of rotatable bonds is 20. The first-order valence-electron chi connectivity index (χ1n) is 36.3. The number of ketones is 1. The first kappa shape index (κ1) is 102. The van der Waals surface area contributed by atoms with Gasteiger partial charge in [0, 0.05) is 35.7 Å². The van der Waals surface area contributed by atoms with Crippen molar-refractivity contribution < 1.29 is 150 Å². The average molecular weight is 1720 g/mol. The largest absolute Gasteiger partial charge is 1.00 e. The summed E-state index contributed by atoms with van der Waals surface area (Å²) in [6, 6.07) is 2.63. The number of hydroxylamine groups is 5. The Morgan fingerprint density at radius 3 is 1.35 bits per heavy atom. The summed E-state index contributed by atoms with van der Waals surface area (Å²) in [4.78, 5) is 159. The number of carbonyl (C=O) groups excluding carboxylic acids is 10. The Bertz CT molecular complexity index is 3290. The fourth-order valence-corrected chi connectivity index (χ4v) is 12.2. The van der Waals surface area contributed by atoms with E-state index in [1.807, 2.05) is 19.1 Å². The number of nitrogens with zero attached hydrogens (tertiary/aromatic N) is 4. The Morgan fingerprint density at radius 2 is 1.03 bits per heavy atom. The number of benzene rings is 1. The van der Waals surface area contributed by atoms with Crippen LogP contribution in [0.25, 0.3) is 0 Å². The third kappa shape index (κ3) is 31.9. The number of ether oxygens (including phenoxy) is 7. The minimum Gasteiger partial charge on any atom is -0.870 e. The maximum atomic E-state index is 12.9. The van der Waals surface area contributed by atoms with E-state index < -0.39 is 101 Å². The van der Waals surface area contributed by atoms with Crippen molar-refractivity contribution in [3.8, 4) is 0 Å². The van der Waals surface area contributed by atoms with Crippen molar-refractivity contribution >= 4 is 126 Å². The van der Waals surface area contributed by atoms with Crippen LogP contribution in [-0.2, 0) is 90.9 Å². The molecule has 0 radical (unpaired) electrons. The number of nitrogens with one attached hydrogen (secondary N) is 4. The SMILES string of the molecule is C=C1CCC1.CCOC(=O)/C(Cl)=N/O.CCOC(=O)C1=NOC2(CCC2)C1.CCOC(=O)C1CC2(CCC2)ON1.CCOC(=O)C1CC2(CCC2)ON1C(=O)[C@@H](NC(=O)OC)C(C)C.COC(=O)N[C@H](C(=O)N1OC2(CCC2)CC1C(=O)O)C(C)C.COC(=O)N[C@H](C(=O)O)C(C)C.O=C(CBr)c1ccc(Br)cc1.[Li+].[OH-]. The molecule has 9 aliphatic rings. The van der Waals surface area contributed by atoms with Gasteiger partial charge in [-0.1, -0.05) is 120 Å². The van der Waals surface area contributed by atoms with Crippen LogP contribution in [-0.4, -0.2) is 225 Å². The molecule has 4 spiro atoms. The van der Waals surface area contributed by atoms with Crippen molar-refractivity contribution in [2.45, 2.75) is 250 Å². The smallest absolute Gasteiger partial charge is 0.870 e. The van der Waals surface area contributed by atoms with E-state index in [1.165, 1.54) is 59.0 Å². The van der Waals surface area contributed by atoms with Gasteiger partial charge in [-0.05, 0) is 154 Å². The standard InChI is InChI=1S/C16H26N2O6.C14H22N2O6.C9H15NO3.C9H13NO3.C8H6Br2O.C7H13NO4.C5H8.C4H6ClNO3.Li.H2O/c1-5-23-14(20)11-9-16(7-6-8-16)24-18(11)13(19)12(10(2)3)17-15(21)22-4;1-8(2)10(15-13(20)21-3)11(17)16-9(12(18)19)7-14(22-16)5-4-6-14;2*1-2-12-8(11)7-6-9(13-10-7)4-3-5-9;9-5-8(11)6-1-3-7(10)4-2-6;1-4(2)5(6(9)10)8-7(11)12-3;1-5-3-2-4-5;1-2-9-4(7)3(5)6-8;;/h10-12H,5-9H2,1-4H3,(H,17,21);8-10H,4-7H2,1-3H3,(H,15,20)(H,18,19);7,10H,2-6H2,1H3;2-6H2,1H3;1-4H,5H2;4-5H,1-3H3,(H,8,11)(H,9,10);1-4H2;8H,2H2,1H3;;1H2/q;;;;;;;;+1;/p-1/b;;;;;;;6-3-;;/t11?,12-;9?,10-;;;;5-;;;;/m00...0..../s1. The molecule has 8 N–H and O–H groups in total. The molecule has 39 heteroatoms. The molecule has 35 nitrogen and oxygen atoms in total. The molecule has 622 valence electrons. The Morgan fingerprint density at radius 1 is 0.622 bits per heavy atom. The van der Waals surface area contributed by atoms with E-state index in [1.54, 1.807) is 74.4 Å². The topological polar surface area (TPSA) is 476 Å². The molecule has 4 heterocycles. The second-order valence-corrected chi connectivity index (χ2v) is 29.5.